The largest absolute Gasteiger partial charge is 0.494 e. The molecule has 6 nitrogen and oxygen atoms in total. The first-order valence-corrected chi connectivity index (χ1v) is 11.7. The molecule has 3 aromatic rings. The average molecular weight is 461 g/mol. The highest BCUT2D eigenvalue weighted by atomic mass is 16.5. The van der Waals surface area contributed by atoms with E-state index in [1.54, 1.807) is 20.0 Å². The van der Waals surface area contributed by atoms with Crippen LogP contribution in [0.1, 0.15) is 50.1 Å². The van der Waals surface area contributed by atoms with Crippen LogP contribution in [0.4, 0.5) is 0 Å². The molecule has 2 aromatic carbocycles. The van der Waals surface area contributed by atoms with Crippen LogP contribution in [-0.2, 0) is 18.3 Å². The highest BCUT2D eigenvalue weighted by Gasteiger charge is 2.27. The lowest BCUT2D eigenvalue weighted by molar-refractivity contribution is -0.147. The van der Waals surface area contributed by atoms with Gasteiger partial charge in [-0.15, -0.1) is 0 Å². The van der Waals surface area contributed by atoms with Crippen LogP contribution in [0.2, 0.25) is 0 Å². The van der Waals surface area contributed by atoms with Crippen molar-refractivity contribution in [1.29, 1.82) is 0 Å². The van der Waals surface area contributed by atoms with Gasteiger partial charge in [-0.1, -0.05) is 30.3 Å². The number of carboxylic acids is 1. The van der Waals surface area contributed by atoms with E-state index in [-0.39, 0.29) is 6.10 Å². The molecule has 34 heavy (non-hydrogen) atoms. The Bertz CT molecular complexity index is 1160. The molecule has 4 rings (SSSR count). The molecule has 0 spiro atoms. The van der Waals surface area contributed by atoms with E-state index < -0.39 is 11.4 Å². The zero-order valence-electron chi connectivity index (χ0n) is 20.0. The molecule has 0 saturated carbocycles. The second-order valence-electron chi connectivity index (χ2n) is 9.43. The molecular formula is C28H32N2O4. The second kappa shape index (κ2) is 10.2. The fraction of sp³-hybridized carbons (Fsp3) is 0.357. The molecule has 0 saturated heterocycles. The normalized spacial score (nSPS) is 15.3. The Morgan fingerprint density at radius 3 is 2.71 bits per heavy atom. The molecule has 1 N–H and O–H groups in total. The fourth-order valence-corrected chi connectivity index (χ4v) is 4.13. The van der Waals surface area contributed by atoms with Gasteiger partial charge in [-0.2, -0.15) is 0 Å². The smallest absolute Gasteiger partial charge is 0.309 e. The van der Waals surface area contributed by atoms with Crippen LogP contribution in [-0.4, -0.2) is 33.3 Å². The molecule has 1 aromatic heterocycles. The lowest BCUT2D eigenvalue weighted by Crippen LogP contribution is -2.24. The summed E-state index contributed by atoms with van der Waals surface area (Å²) < 4.78 is 14.4. The molecule has 1 aliphatic heterocycles. The monoisotopic (exact) mass is 460 g/mol. The first kappa shape index (κ1) is 23.6. The highest BCUT2D eigenvalue weighted by Crippen LogP contribution is 2.37. The van der Waals surface area contributed by atoms with Gasteiger partial charge in [0, 0.05) is 30.6 Å². The molecule has 0 fully saturated rings. The fourth-order valence-electron chi connectivity index (χ4n) is 4.13. The van der Waals surface area contributed by atoms with Crippen LogP contribution in [0, 0.1) is 5.41 Å². The van der Waals surface area contributed by atoms with Gasteiger partial charge in [0.25, 0.3) is 0 Å². The average Bonchev–Trinajstić information content (AvgIpc) is 3.26. The van der Waals surface area contributed by atoms with Gasteiger partial charge in [-0.3, -0.25) is 4.79 Å². The number of imidazole rings is 1. The Morgan fingerprint density at radius 1 is 1.21 bits per heavy atom. The van der Waals surface area contributed by atoms with Crippen molar-refractivity contribution >= 4 is 17.6 Å². The van der Waals surface area contributed by atoms with Crippen LogP contribution >= 0.6 is 0 Å². The molecule has 178 valence electrons. The summed E-state index contributed by atoms with van der Waals surface area (Å²) in [5.41, 5.74) is 2.54. The number of nitrogens with zero attached hydrogens (tertiary/aromatic N) is 2. The topological polar surface area (TPSA) is 73.6 Å². The third kappa shape index (κ3) is 5.50. The van der Waals surface area contributed by atoms with Crippen molar-refractivity contribution in [3.05, 3.63) is 77.9 Å². The minimum absolute atomic E-state index is 0.0983. The zero-order valence-corrected chi connectivity index (χ0v) is 20.0. The Balaban J connectivity index is 1.49. The summed E-state index contributed by atoms with van der Waals surface area (Å²) in [5.74, 6) is 1.68. The molecule has 0 aliphatic carbocycles. The van der Waals surface area contributed by atoms with Crippen LogP contribution < -0.4 is 9.47 Å². The van der Waals surface area contributed by atoms with Crippen molar-refractivity contribution in [2.45, 2.75) is 45.6 Å². The van der Waals surface area contributed by atoms with E-state index in [1.807, 2.05) is 42.1 Å². The maximum absolute atomic E-state index is 11.3. The minimum Gasteiger partial charge on any atom is -0.494 e. The Morgan fingerprint density at radius 2 is 2.00 bits per heavy atom. The quantitative estimate of drug-likeness (QED) is 0.397. The number of carbonyl (C=O) groups is 1. The van der Waals surface area contributed by atoms with Crippen molar-refractivity contribution < 1.29 is 19.4 Å². The summed E-state index contributed by atoms with van der Waals surface area (Å²) in [6.45, 7) is 3.94. The summed E-state index contributed by atoms with van der Waals surface area (Å²) >= 11 is 0. The van der Waals surface area contributed by atoms with Crippen molar-refractivity contribution in [2.24, 2.45) is 12.5 Å². The summed E-state index contributed by atoms with van der Waals surface area (Å²) in [6, 6.07) is 16.3. The minimum atomic E-state index is -0.785. The lowest BCUT2D eigenvalue weighted by atomic mass is 9.88. The van der Waals surface area contributed by atoms with E-state index in [2.05, 4.69) is 35.3 Å². The van der Waals surface area contributed by atoms with Gasteiger partial charge in [0.2, 0.25) is 0 Å². The number of aromatic nitrogens is 2. The number of ether oxygens (including phenoxy) is 2. The van der Waals surface area contributed by atoms with E-state index in [1.165, 1.54) is 5.56 Å². The number of fused-ring (bicyclic) bond motifs is 1. The third-order valence-electron chi connectivity index (χ3n) is 6.32. The number of aryl methyl sites for hydroxylation is 2. The number of aliphatic carboxylic acids is 1. The van der Waals surface area contributed by atoms with Gasteiger partial charge in [-0.25, -0.2) is 4.98 Å². The van der Waals surface area contributed by atoms with Gasteiger partial charge in [0.1, 0.15) is 23.4 Å². The maximum Gasteiger partial charge on any atom is 0.309 e. The van der Waals surface area contributed by atoms with Crippen LogP contribution in [0.25, 0.3) is 11.6 Å². The molecule has 0 radical (unpaired) electrons. The number of hydrogen-bond donors (Lipinski definition) is 1. The molecule has 2 heterocycles. The first-order valence-electron chi connectivity index (χ1n) is 11.7. The predicted octanol–water partition coefficient (Wildman–Crippen LogP) is 5.62. The van der Waals surface area contributed by atoms with Crippen molar-refractivity contribution in [3.8, 4) is 11.5 Å². The third-order valence-corrected chi connectivity index (χ3v) is 6.32. The van der Waals surface area contributed by atoms with Crippen LogP contribution in [0.5, 0.6) is 11.5 Å². The van der Waals surface area contributed by atoms with Crippen molar-refractivity contribution in [2.75, 3.05) is 6.61 Å². The second-order valence-corrected chi connectivity index (χ2v) is 9.43. The van der Waals surface area contributed by atoms with Gasteiger partial charge in [-0.05, 0) is 69.4 Å². The van der Waals surface area contributed by atoms with Gasteiger partial charge < -0.3 is 19.1 Å². The maximum atomic E-state index is 11.3. The van der Waals surface area contributed by atoms with Crippen LogP contribution in [0.15, 0.2) is 60.9 Å². The first-order chi connectivity index (χ1) is 16.3. The molecular weight excluding hydrogens is 428 g/mol. The summed E-state index contributed by atoms with van der Waals surface area (Å²) in [6.07, 6.45) is 8.79. The van der Waals surface area contributed by atoms with E-state index in [0.717, 1.165) is 41.3 Å². The Labute approximate surface area is 200 Å². The number of carboxylic acid groups (broad SMARTS) is 1. The molecule has 6 heteroatoms. The lowest BCUT2D eigenvalue weighted by Gasteiger charge is -2.27. The Kier molecular flexibility index (Phi) is 7.06. The molecule has 1 aliphatic rings. The van der Waals surface area contributed by atoms with Crippen molar-refractivity contribution in [3.63, 3.8) is 0 Å². The Hall–Kier alpha value is -3.54. The zero-order chi connectivity index (χ0) is 24.1. The van der Waals surface area contributed by atoms with Crippen molar-refractivity contribution in [1.82, 2.24) is 9.55 Å². The highest BCUT2D eigenvalue weighted by molar-refractivity contribution is 5.85. The van der Waals surface area contributed by atoms with E-state index >= 15 is 0 Å². The van der Waals surface area contributed by atoms with E-state index in [9.17, 15) is 9.90 Å². The molecule has 0 amide bonds. The molecule has 1 unspecified atom stereocenters. The summed E-state index contributed by atoms with van der Waals surface area (Å²) in [4.78, 5) is 15.9. The SMILES string of the molecule is Cn1ccnc1C1=Cc2cc(OCCCC(C)(C)C(=O)O)ccc2OC1CCc1ccccc1. The number of hydrogen-bond acceptors (Lipinski definition) is 4. The number of benzene rings is 2. The predicted molar refractivity (Wildman–Crippen MR) is 133 cm³/mol. The van der Waals surface area contributed by atoms with E-state index in [0.29, 0.717) is 19.4 Å². The van der Waals surface area contributed by atoms with E-state index in [4.69, 9.17) is 9.47 Å². The summed E-state index contributed by atoms with van der Waals surface area (Å²) in [7, 11) is 1.99. The van der Waals surface area contributed by atoms with Gasteiger partial charge in [0.15, 0.2) is 0 Å². The standard InChI is InChI=1S/C28H32N2O4/c1-28(2,27(31)32)14-7-17-33-22-11-13-24-21(18-22)19-23(26-29-15-16-30(26)3)25(34-24)12-10-20-8-5-4-6-9-20/h4-6,8-9,11,13,15-16,18-19,25H,7,10,12,14,17H2,1-3H3,(H,31,32). The molecule has 1 atom stereocenters. The van der Waals surface area contributed by atoms with Gasteiger partial charge in [0.05, 0.1) is 12.0 Å². The van der Waals surface area contributed by atoms with Gasteiger partial charge >= 0.3 is 5.97 Å². The summed E-state index contributed by atoms with van der Waals surface area (Å²) in [5, 5.41) is 9.27. The number of rotatable bonds is 10. The molecule has 0 bridgehead atoms. The van der Waals surface area contributed by atoms with Crippen LogP contribution in [0.3, 0.4) is 0 Å².